The zero-order valence-corrected chi connectivity index (χ0v) is 16.8. The molecule has 0 aliphatic heterocycles. The van der Waals surface area contributed by atoms with Crippen LogP contribution in [0.5, 0.6) is 23.0 Å². The van der Waals surface area contributed by atoms with E-state index in [0.717, 1.165) is 12.3 Å². The Morgan fingerprint density at radius 1 is 0.931 bits per heavy atom. The first-order valence-corrected chi connectivity index (χ1v) is 9.43. The number of hydrazone groups is 1. The van der Waals surface area contributed by atoms with Gasteiger partial charge < -0.3 is 18.9 Å². The van der Waals surface area contributed by atoms with Crippen molar-refractivity contribution in [2.45, 2.75) is 4.90 Å². The normalized spacial score (nSPS) is 11.2. The number of benzene rings is 2. The zero-order chi connectivity index (χ0) is 21.6. The SMILES string of the molecule is COc1cc(OC)c([N+](=O)[O-])cc1/C=N/NS(=O)(=O)c1ccc(OC)c(OC)c1. The van der Waals surface area contributed by atoms with Crippen molar-refractivity contribution in [3.05, 3.63) is 46.0 Å². The van der Waals surface area contributed by atoms with Gasteiger partial charge in [-0.1, -0.05) is 0 Å². The summed E-state index contributed by atoms with van der Waals surface area (Å²) in [6, 6.07) is 6.49. The van der Waals surface area contributed by atoms with Gasteiger partial charge in [0.2, 0.25) is 5.75 Å². The molecule has 0 aromatic heterocycles. The van der Waals surface area contributed by atoms with Crippen molar-refractivity contribution in [3.8, 4) is 23.0 Å². The molecule has 0 spiro atoms. The molecule has 0 amide bonds. The van der Waals surface area contributed by atoms with Gasteiger partial charge in [-0.2, -0.15) is 13.5 Å². The van der Waals surface area contributed by atoms with E-state index in [2.05, 4.69) is 5.10 Å². The molecule has 2 aromatic carbocycles. The van der Waals surface area contributed by atoms with Crippen molar-refractivity contribution in [3.63, 3.8) is 0 Å². The van der Waals surface area contributed by atoms with Crippen molar-refractivity contribution in [1.82, 2.24) is 4.83 Å². The summed E-state index contributed by atoms with van der Waals surface area (Å²) >= 11 is 0. The van der Waals surface area contributed by atoms with Gasteiger partial charge in [0.05, 0.1) is 44.5 Å². The molecule has 2 rings (SSSR count). The van der Waals surface area contributed by atoms with Crippen LogP contribution in [0.4, 0.5) is 5.69 Å². The monoisotopic (exact) mass is 425 g/mol. The fourth-order valence-corrected chi connectivity index (χ4v) is 3.16. The second-order valence-electron chi connectivity index (χ2n) is 5.39. The number of ether oxygens (including phenoxy) is 4. The summed E-state index contributed by atoms with van der Waals surface area (Å²) in [6.45, 7) is 0. The molecule has 0 bridgehead atoms. The zero-order valence-electron chi connectivity index (χ0n) is 16.0. The van der Waals surface area contributed by atoms with Gasteiger partial charge in [-0.3, -0.25) is 10.1 Å². The number of nitrogens with zero attached hydrogens (tertiary/aromatic N) is 2. The predicted molar refractivity (Wildman–Crippen MR) is 104 cm³/mol. The van der Waals surface area contributed by atoms with Crippen molar-refractivity contribution in [2.75, 3.05) is 28.4 Å². The second kappa shape index (κ2) is 9.10. The average molecular weight is 425 g/mol. The molecule has 0 aliphatic carbocycles. The molecule has 0 aliphatic rings. The first-order chi connectivity index (χ1) is 13.8. The summed E-state index contributed by atoms with van der Waals surface area (Å²) in [5, 5.41) is 14.8. The van der Waals surface area contributed by atoms with Crippen LogP contribution >= 0.6 is 0 Å². The number of hydrogen-bond acceptors (Lipinski definition) is 9. The van der Waals surface area contributed by atoms with Crippen LogP contribution in [0.1, 0.15) is 5.56 Å². The molecular formula is C17H19N3O8S. The quantitative estimate of drug-likeness (QED) is 0.365. The maximum atomic E-state index is 12.4. The van der Waals surface area contributed by atoms with Crippen molar-refractivity contribution in [2.24, 2.45) is 5.10 Å². The van der Waals surface area contributed by atoms with Crippen LogP contribution in [-0.4, -0.2) is 48.0 Å². The van der Waals surface area contributed by atoms with E-state index in [4.69, 9.17) is 18.9 Å². The minimum atomic E-state index is -4.03. The molecule has 0 atom stereocenters. The number of hydrogen-bond donors (Lipinski definition) is 1. The Kier molecular flexibility index (Phi) is 6.83. The van der Waals surface area contributed by atoms with Crippen LogP contribution in [0.2, 0.25) is 0 Å². The lowest BCUT2D eigenvalue weighted by atomic mass is 10.1. The van der Waals surface area contributed by atoms with E-state index in [0.29, 0.717) is 5.75 Å². The molecule has 0 fully saturated rings. The molecule has 0 saturated heterocycles. The number of nitrogens with one attached hydrogen (secondary N) is 1. The summed E-state index contributed by atoms with van der Waals surface area (Å²) in [6.07, 6.45) is 1.09. The van der Waals surface area contributed by atoms with Gasteiger partial charge in [0.25, 0.3) is 10.0 Å². The topological polar surface area (TPSA) is 139 Å². The van der Waals surface area contributed by atoms with Crippen LogP contribution in [0.3, 0.4) is 0 Å². The maximum Gasteiger partial charge on any atom is 0.311 e. The summed E-state index contributed by atoms with van der Waals surface area (Å²) in [4.78, 5) is 12.5. The Morgan fingerprint density at radius 3 is 2.10 bits per heavy atom. The standard InChI is InChI=1S/C17H19N3O8S/c1-25-14-6-5-12(8-17(14)28-4)29(23,24)19-18-10-11-7-13(20(21)22)16(27-3)9-15(11)26-2/h5-10,19H,1-4H3/b18-10+. The van der Waals surface area contributed by atoms with Gasteiger partial charge in [0.15, 0.2) is 11.5 Å². The van der Waals surface area contributed by atoms with Crippen molar-refractivity contribution < 1.29 is 32.3 Å². The van der Waals surface area contributed by atoms with Crippen molar-refractivity contribution in [1.29, 1.82) is 0 Å². The first kappa shape index (κ1) is 21.8. The van der Waals surface area contributed by atoms with E-state index < -0.39 is 14.9 Å². The maximum absolute atomic E-state index is 12.4. The highest BCUT2D eigenvalue weighted by Crippen LogP contribution is 2.33. The number of methoxy groups -OCH3 is 4. The minimum absolute atomic E-state index is 0.00471. The van der Waals surface area contributed by atoms with Gasteiger partial charge in [-0.05, 0) is 12.1 Å². The van der Waals surface area contributed by atoms with Gasteiger partial charge in [-0.25, -0.2) is 4.83 Å². The summed E-state index contributed by atoms with van der Waals surface area (Å²) in [7, 11) is 1.41. The number of nitro benzene ring substituents is 1. The second-order valence-corrected chi connectivity index (χ2v) is 7.05. The highest BCUT2D eigenvalue weighted by Gasteiger charge is 2.20. The Morgan fingerprint density at radius 2 is 1.55 bits per heavy atom. The molecule has 0 saturated carbocycles. The number of nitro groups is 1. The third-order valence-electron chi connectivity index (χ3n) is 3.77. The van der Waals surface area contributed by atoms with E-state index >= 15 is 0 Å². The lowest BCUT2D eigenvalue weighted by molar-refractivity contribution is -0.385. The van der Waals surface area contributed by atoms with Crippen molar-refractivity contribution >= 4 is 21.9 Å². The van der Waals surface area contributed by atoms with E-state index in [1.54, 1.807) is 0 Å². The lowest BCUT2D eigenvalue weighted by Crippen LogP contribution is -2.18. The molecule has 0 heterocycles. The van der Waals surface area contributed by atoms with Crippen LogP contribution in [0.15, 0.2) is 40.3 Å². The van der Waals surface area contributed by atoms with E-state index in [-0.39, 0.29) is 33.4 Å². The largest absolute Gasteiger partial charge is 0.496 e. The van der Waals surface area contributed by atoms with Crippen LogP contribution in [0.25, 0.3) is 0 Å². The molecule has 12 heteroatoms. The molecule has 1 N–H and O–H groups in total. The highest BCUT2D eigenvalue weighted by molar-refractivity contribution is 7.89. The summed E-state index contributed by atoms with van der Waals surface area (Å²) in [5.41, 5.74) is -0.146. The Hall–Kier alpha value is -3.54. The van der Waals surface area contributed by atoms with E-state index in [1.165, 1.54) is 52.7 Å². The molecule has 156 valence electrons. The van der Waals surface area contributed by atoms with E-state index in [9.17, 15) is 18.5 Å². The smallest absolute Gasteiger partial charge is 0.311 e. The fourth-order valence-electron chi connectivity index (χ4n) is 2.35. The third kappa shape index (κ3) is 4.85. The molecule has 0 unspecified atom stereocenters. The van der Waals surface area contributed by atoms with Gasteiger partial charge in [0.1, 0.15) is 5.75 Å². The third-order valence-corrected chi connectivity index (χ3v) is 4.99. The number of sulfonamides is 1. The minimum Gasteiger partial charge on any atom is -0.496 e. The summed E-state index contributed by atoms with van der Waals surface area (Å²) < 4.78 is 45.1. The lowest BCUT2D eigenvalue weighted by Gasteiger charge is -2.10. The van der Waals surface area contributed by atoms with Crippen LogP contribution in [0, 0.1) is 10.1 Å². The molecule has 2 aromatic rings. The molecular weight excluding hydrogens is 406 g/mol. The van der Waals surface area contributed by atoms with Gasteiger partial charge >= 0.3 is 5.69 Å². The molecule has 0 radical (unpaired) electrons. The van der Waals surface area contributed by atoms with E-state index in [1.807, 2.05) is 4.83 Å². The molecule has 11 nitrogen and oxygen atoms in total. The van der Waals surface area contributed by atoms with Gasteiger partial charge in [0, 0.05) is 23.8 Å². The Labute approximate surface area is 167 Å². The Balaban J connectivity index is 2.33. The van der Waals surface area contributed by atoms with Gasteiger partial charge in [-0.15, -0.1) is 0 Å². The Bertz CT molecular complexity index is 1040. The highest BCUT2D eigenvalue weighted by atomic mass is 32.2. The first-order valence-electron chi connectivity index (χ1n) is 7.94. The van der Waals surface area contributed by atoms with Crippen LogP contribution in [-0.2, 0) is 10.0 Å². The predicted octanol–water partition coefficient (Wildman–Crippen LogP) is 1.94. The fraction of sp³-hybridized carbons (Fsp3) is 0.235. The number of rotatable bonds is 9. The summed E-state index contributed by atoms with van der Waals surface area (Å²) in [5.74, 6) is 0.799. The van der Waals surface area contributed by atoms with Crippen LogP contribution < -0.4 is 23.8 Å². The molecule has 29 heavy (non-hydrogen) atoms. The average Bonchev–Trinajstić information content (AvgIpc) is 2.72.